The average molecular weight is 276 g/mol. The molecule has 1 aliphatic rings. The quantitative estimate of drug-likeness (QED) is 0.774. The van der Waals surface area contributed by atoms with E-state index in [1.54, 1.807) is 18.2 Å². The molecule has 1 atom stereocenters. The molecule has 1 heterocycles. The van der Waals surface area contributed by atoms with E-state index in [0.717, 1.165) is 0 Å². The number of carbonyl (C=O) groups is 2. The predicted molar refractivity (Wildman–Crippen MR) is 77.9 cm³/mol. The summed E-state index contributed by atoms with van der Waals surface area (Å²) in [7, 11) is 0. The molecule has 0 saturated heterocycles. The van der Waals surface area contributed by atoms with Gasteiger partial charge in [0.15, 0.2) is 0 Å². The molecule has 0 fully saturated rings. The fraction of sp³-hybridized carbons (Fsp3) is 0.467. The minimum absolute atomic E-state index is 0.0418. The molecule has 0 aliphatic carbocycles. The Morgan fingerprint density at radius 1 is 1.35 bits per heavy atom. The van der Waals surface area contributed by atoms with Gasteiger partial charge in [-0.05, 0) is 39.8 Å². The molecule has 5 heteroatoms. The zero-order valence-electron chi connectivity index (χ0n) is 12.2. The number of esters is 1. The zero-order valence-corrected chi connectivity index (χ0v) is 12.2. The Bertz CT molecular complexity index is 547. The second-order valence-corrected chi connectivity index (χ2v) is 6.03. The molecule has 1 aromatic rings. The minimum Gasteiger partial charge on any atom is -0.456 e. The van der Waals surface area contributed by atoms with Crippen LogP contribution in [0.5, 0.6) is 0 Å². The van der Waals surface area contributed by atoms with Gasteiger partial charge in [-0.1, -0.05) is 6.07 Å². The fourth-order valence-corrected chi connectivity index (χ4v) is 2.09. The molecule has 1 aromatic carbocycles. The van der Waals surface area contributed by atoms with Gasteiger partial charge in [-0.15, -0.1) is 0 Å². The molecular formula is C15H20N2O3. The first-order valence-electron chi connectivity index (χ1n) is 6.69. The number of nitrogens with one attached hydrogen (secondary N) is 2. The van der Waals surface area contributed by atoms with Gasteiger partial charge in [0.2, 0.25) is 5.91 Å². The van der Waals surface area contributed by atoms with Crippen molar-refractivity contribution >= 4 is 23.3 Å². The summed E-state index contributed by atoms with van der Waals surface area (Å²) < 4.78 is 5.40. The van der Waals surface area contributed by atoms with E-state index in [-0.39, 0.29) is 11.9 Å². The number of fused-ring (bicyclic) bond motifs is 1. The molecular weight excluding hydrogens is 256 g/mol. The molecule has 0 radical (unpaired) electrons. The van der Waals surface area contributed by atoms with Crippen molar-refractivity contribution in [2.75, 3.05) is 10.6 Å². The molecule has 2 rings (SSSR count). The molecule has 1 amide bonds. The monoisotopic (exact) mass is 276 g/mol. The molecule has 5 nitrogen and oxygen atoms in total. The lowest BCUT2D eigenvalue weighted by Crippen LogP contribution is -2.25. The van der Waals surface area contributed by atoms with E-state index in [2.05, 4.69) is 10.6 Å². The largest absolute Gasteiger partial charge is 0.456 e. The summed E-state index contributed by atoms with van der Waals surface area (Å²) in [6.07, 6.45) is 0.364. The summed E-state index contributed by atoms with van der Waals surface area (Å²) in [5.41, 5.74) is 1.12. The number of benzene rings is 1. The minimum atomic E-state index is -0.556. The molecule has 0 bridgehead atoms. The van der Waals surface area contributed by atoms with Gasteiger partial charge in [0.1, 0.15) is 5.60 Å². The Kier molecular flexibility index (Phi) is 3.70. The molecule has 1 unspecified atom stereocenters. The fourth-order valence-electron chi connectivity index (χ4n) is 2.09. The smallest absolute Gasteiger partial charge is 0.340 e. The van der Waals surface area contributed by atoms with Gasteiger partial charge >= 0.3 is 5.97 Å². The van der Waals surface area contributed by atoms with E-state index in [0.29, 0.717) is 23.4 Å². The maximum absolute atomic E-state index is 12.3. The second-order valence-electron chi connectivity index (χ2n) is 6.03. The van der Waals surface area contributed by atoms with Crippen LogP contribution in [0.15, 0.2) is 18.2 Å². The topological polar surface area (TPSA) is 67.4 Å². The van der Waals surface area contributed by atoms with Crippen LogP contribution in [0, 0.1) is 0 Å². The maximum Gasteiger partial charge on any atom is 0.340 e. The van der Waals surface area contributed by atoms with Crippen molar-refractivity contribution in [2.24, 2.45) is 0 Å². The molecule has 0 aromatic heterocycles. The first kappa shape index (κ1) is 14.4. The van der Waals surface area contributed by atoms with Crippen LogP contribution in [0.3, 0.4) is 0 Å². The van der Waals surface area contributed by atoms with Crippen molar-refractivity contribution in [1.82, 2.24) is 0 Å². The third kappa shape index (κ3) is 3.29. The standard InChI is InChI=1S/C15H20N2O3/c1-9-8-12(18)17-11-7-5-6-10(13(11)16-9)14(19)20-15(2,3)4/h5-7,9,16H,8H2,1-4H3,(H,17,18). The van der Waals surface area contributed by atoms with Gasteiger partial charge < -0.3 is 15.4 Å². The number of para-hydroxylation sites is 1. The van der Waals surface area contributed by atoms with Crippen molar-refractivity contribution in [2.45, 2.75) is 45.8 Å². The Morgan fingerprint density at radius 2 is 2.05 bits per heavy atom. The lowest BCUT2D eigenvalue weighted by atomic mass is 10.1. The number of hydrogen-bond acceptors (Lipinski definition) is 4. The van der Waals surface area contributed by atoms with Crippen LogP contribution >= 0.6 is 0 Å². The molecule has 108 valence electrons. The van der Waals surface area contributed by atoms with Gasteiger partial charge in [0.05, 0.1) is 16.9 Å². The SMILES string of the molecule is CC1CC(=O)Nc2cccc(C(=O)OC(C)(C)C)c2N1. The highest BCUT2D eigenvalue weighted by Gasteiger charge is 2.25. The predicted octanol–water partition coefficient (Wildman–Crippen LogP) is 2.78. The van der Waals surface area contributed by atoms with Crippen LogP contribution < -0.4 is 10.6 Å². The molecule has 2 N–H and O–H groups in total. The highest BCUT2D eigenvalue weighted by Crippen LogP contribution is 2.31. The van der Waals surface area contributed by atoms with E-state index in [1.165, 1.54) is 0 Å². The number of rotatable bonds is 1. The Hall–Kier alpha value is -2.04. The van der Waals surface area contributed by atoms with Crippen molar-refractivity contribution < 1.29 is 14.3 Å². The van der Waals surface area contributed by atoms with Crippen LogP contribution in [0.1, 0.15) is 44.5 Å². The summed E-state index contributed by atoms with van der Waals surface area (Å²) in [6, 6.07) is 5.16. The number of ether oxygens (including phenoxy) is 1. The van der Waals surface area contributed by atoms with Crippen molar-refractivity contribution in [3.63, 3.8) is 0 Å². The third-order valence-electron chi connectivity index (χ3n) is 2.84. The summed E-state index contributed by atoms with van der Waals surface area (Å²) in [6.45, 7) is 7.37. The zero-order chi connectivity index (χ0) is 14.9. The van der Waals surface area contributed by atoms with Gasteiger partial charge in [0.25, 0.3) is 0 Å². The highest BCUT2D eigenvalue weighted by atomic mass is 16.6. The first-order valence-corrected chi connectivity index (χ1v) is 6.69. The van der Waals surface area contributed by atoms with Crippen molar-refractivity contribution in [3.05, 3.63) is 23.8 Å². The van der Waals surface area contributed by atoms with E-state index in [4.69, 9.17) is 4.74 Å². The van der Waals surface area contributed by atoms with Crippen molar-refractivity contribution in [1.29, 1.82) is 0 Å². The number of amides is 1. The Morgan fingerprint density at radius 3 is 2.70 bits per heavy atom. The lowest BCUT2D eigenvalue weighted by molar-refractivity contribution is -0.116. The summed E-state index contributed by atoms with van der Waals surface area (Å²) in [5.74, 6) is -0.463. The number of hydrogen-bond donors (Lipinski definition) is 2. The first-order chi connectivity index (χ1) is 9.26. The van der Waals surface area contributed by atoms with Gasteiger partial charge in [-0.2, -0.15) is 0 Å². The molecule has 1 aliphatic heterocycles. The van der Waals surface area contributed by atoms with Crippen LogP contribution in [0.2, 0.25) is 0 Å². The van der Waals surface area contributed by atoms with E-state index < -0.39 is 11.6 Å². The third-order valence-corrected chi connectivity index (χ3v) is 2.84. The van der Waals surface area contributed by atoms with E-state index in [9.17, 15) is 9.59 Å². The van der Waals surface area contributed by atoms with E-state index >= 15 is 0 Å². The van der Waals surface area contributed by atoms with Gasteiger partial charge in [0, 0.05) is 12.5 Å². The van der Waals surface area contributed by atoms with Crippen LogP contribution in [-0.2, 0) is 9.53 Å². The van der Waals surface area contributed by atoms with E-state index in [1.807, 2.05) is 27.7 Å². The molecule has 0 spiro atoms. The second kappa shape index (κ2) is 5.15. The number of carbonyl (C=O) groups excluding carboxylic acids is 2. The normalized spacial score (nSPS) is 18.4. The summed E-state index contributed by atoms with van der Waals surface area (Å²) in [4.78, 5) is 24.0. The van der Waals surface area contributed by atoms with Crippen LogP contribution in [0.4, 0.5) is 11.4 Å². The van der Waals surface area contributed by atoms with Crippen LogP contribution in [0.25, 0.3) is 0 Å². The Balaban J connectivity index is 2.39. The number of anilines is 2. The lowest BCUT2D eigenvalue weighted by Gasteiger charge is -2.22. The Labute approximate surface area is 118 Å². The average Bonchev–Trinajstić information content (AvgIpc) is 2.42. The maximum atomic E-state index is 12.3. The van der Waals surface area contributed by atoms with Gasteiger partial charge in [-0.3, -0.25) is 4.79 Å². The van der Waals surface area contributed by atoms with Crippen molar-refractivity contribution in [3.8, 4) is 0 Å². The summed E-state index contributed by atoms with van der Waals surface area (Å²) in [5, 5.41) is 6.01. The highest BCUT2D eigenvalue weighted by molar-refractivity contribution is 6.04. The molecule has 20 heavy (non-hydrogen) atoms. The molecule has 0 saturated carbocycles. The summed E-state index contributed by atoms with van der Waals surface area (Å²) >= 11 is 0. The van der Waals surface area contributed by atoms with Crippen LogP contribution in [-0.4, -0.2) is 23.5 Å². The van der Waals surface area contributed by atoms with Gasteiger partial charge in [-0.25, -0.2) is 4.79 Å².